The third-order valence-electron chi connectivity index (χ3n) is 3.00. The van der Waals surface area contributed by atoms with E-state index in [1.165, 1.54) is 42.7 Å². The predicted molar refractivity (Wildman–Crippen MR) is 90.2 cm³/mol. The van der Waals surface area contributed by atoms with Crippen LogP contribution in [-0.4, -0.2) is 18.1 Å². The Labute approximate surface area is 140 Å². The van der Waals surface area contributed by atoms with Crippen LogP contribution in [0.4, 0.5) is 20.0 Å². The Morgan fingerprint density at radius 1 is 1.22 bits per heavy atom. The maximum Gasteiger partial charge on any atom is 0.325 e. The van der Waals surface area contributed by atoms with Crippen LogP contribution in [0.3, 0.4) is 0 Å². The topological polar surface area (TPSA) is 63.2 Å². The van der Waals surface area contributed by atoms with Crippen molar-refractivity contribution in [3.05, 3.63) is 47.2 Å². The van der Waals surface area contributed by atoms with E-state index in [1.54, 1.807) is 12.1 Å². The minimum absolute atomic E-state index is 0.371. The van der Waals surface area contributed by atoms with Crippen molar-refractivity contribution in [2.45, 2.75) is 0 Å². The SMILES string of the molecule is COc1ccc(Cl)c2sc(NC(=O)Nc3ccc(F)cc3)nc12. The van der Waals surface area contributed by atoms with Crippen molar-refractivity contribution < 1.29 is 13.9 Å². The molecule has 2 aromatic carbocycles. The molecule has 3 rings (SSSR count). The molecule has 0 spiro atoms. The second-order valence-electron chi connectivity index (χ2n) is 4.53. The number of urea groups is 1. The first-order chi connectivity index (χ1) is 11.1. The van der Waals surface area contributed by atoms with E-state index in [4.69, 9.17) is 16.3 Å². The minimum atomic E-state index is -0.481. The van der Waals surface area contributed by atoms with Gasteiger partial charge in [0.1, 0.15) is 17.1 Å². The number of benzene rings is 2. The highest BCUT2D eigenvalue weighted by Gasteiger charge is 2.13. The van der Waals surface area contributed by atoms with E-state index in [-0.39, 0.29) is 5.82 Å². The molecule has 0 unspecified atom stereocenters. The first-order valence-electron chi connectivity index (χ1n) is 6.53. The number of fused-ring (bicyclic) bond motifs is 1. The van der Waals surface area contributed by atoms with Gasteiger partial charge in [0.15, 0.2) is 5.13 Å². The number of nitrogens with one attached hydrogen (secondary N) is 2. The van der Waals surface area contributed by atoms with Crippen molar-refractivity contribution in [2.24, 2.45) is 0 Å². The Bertz CT molecular complexity index is 867. The van der Waals surface area contributed by atoms with Gasteiger partial charge in [-0.05, 0) is 36.4 Å². The monoisotopic (exact) mass is 351 g/mol. The van der Waals surface area contributed by atoms with E-state index in [1.807, 2.05) is 0 Å². The maximum absolute atomic E-state index is 12.8. The van der Waals surface area contributed by atoms with Crippen molar-refractivity contribution in [3.63, 3.8) is 0 Å². The van der Waals surface area contributed by atoms with Gasteiger partial charge in [-0.2, -0.15) is 0 Å². The third kappa shape index (κ3) is 3.35. The lowest BCUT2D eigenvalue weighted by Gasteiger charge is -2.04. The second-order valence-corrected chi connectivity index (χ2v) is 5.94. The Morgan fingerprint density at radius 3 is 2.65 bits per heavy atom. The average Bonchev–Trinajstić information content (AvgIpc) is 2.94. The molecule has 8 heteroatoms. The number of aromatic nitrogens is 1. The van der Waals surface area contributed by atoms with Crippen LogP contribution in [0, 0.1) is 5.82 Å². The molecule has 3 aromatic rings. The predicted octanol–water partition coefficient (Wildman–Crippen LogP) is 4.74. The number of thiazole rings is 1. The van der Waals surface area contributed by atoms with E-state index in [0.29, 0.717) is 27.1 Å². The fourth-order valence-corrected chi connectivity index (χ4v) is 3.11. The van der Waals surface area contributed by atoms with E-state index in [2.05, 4.69) is 15.6 Å². The van der Waals surface area contributed by atoms with Gasteiger partial charge in [0, 0.05) is 5.69 Å². The zero-order valence-electron chi connectivity index (χ0n) is 11.9. The molecular formula is C15H11ClFN3O2S. The summed E-state index contributed by atoms with van der Waals surface area (Å²) in [7, 11) is 1.54. The highest BCUT2D eigenvalue weighted by molar-refractivity contribution is 7.23. The molecule has 1 heterocycles. The van der Waals surface area contributed by atoms with Crippen LogP contribution < -0.4 is 15.4 Å². The smallest absolute Gasteiger partial charge is 0.325 e. The largest absolute Gasteiger partial charge is 0.494 e. The van der Waals surface area contributed by atoms with Gasteiger partial charge in [0.05, 0.1) is 16.8 Å². The number of ether oxygens (including phenoxy) is 1. The summed E-state index contributed by atoms with van der Waals surface area (Å²) in [6.45, 7) is 0. The number of nitrogens with zero attached hydrogens (tertiary/aromatic N) is 1. The molecule has 0 bridgehead atoms. The molecular weight excluding hydrogens is 341 g/mol. The Balaban J connectivity index is 1.79. The summed E-state index contributed by atoms with van der Waals surface area (Å²) in [4.78, 5) is 16.3. The summed E-state index contributed by atoms with van der Waals surface area (Å²) in [6.07, 6.45) is 0. The molecule has 1 aromatic heterocycles. The first-order valence-corrected chi connectivity index (χ1v) is 7.73. The molecule has 2 N–H and O–H groups in total. The van der Waals surface area contributed by atoms with Crippen molar-refractivity contribution in [1.82, 2.24) is 4.98 Å². The van der Waals surface area contributed by atoms with Crippen LogP contribution in [0.25, 0.3) is 10.2 Å². The summed E-state index contributed by atoms with van der Waals surface area (Å²) < 4.78 is 18.8. The van der Waals surface area contributed by atoms with Gasteiger partial charge >= 0.3 is 6.03 Å². The van der Waals surface area contributed by atoms with Gasteiger partial charge in [-0.1, -0.05) is 22.9 Å². The van der Waals surface area contributed by atoms with Gasteiger partial charge in [0.25, 0.3) is 0 Å². The zero-order valence-corrected chi connectivity index (χ0v) is 13.5. The molecule has 0 atom stereocenters. The van der Waals surface area contributed by atoms with Crippen molar-refractivity contribution in [3.8, 4) is 5.75 Å². The third-order valence-corrected chi connectivity index (χ3v) is 4.43. The van der Waals surface area contributed by atoms with E-state index < -0.39 is 6.03 Å². The van der Waals surface area contributed by atoms with E-state index in [9.17, 15) is 9.18 Å². The normalized spacial score (nSPS) is 10.6. The number of hydrogen-bond acceptors (Lipinski definition) is 4. The number of rotatable bonds is 3. The first kappa shape index (κ1) is 15.5. The minimum Gasteiger partial charge on any atom is -0.494 e. The van der Waals surface area contributed by atoms with Crippen LogP contribution in [0.5, 0.6) is 5.75 Å². The zero-order chi connectivity index (χ0) is 16.4. The van der Waals surface area contributed by atoms with Crippen molar-refractivity contribution >= 4 is 50.0 Å². The molecule has 0 aliphatic heterocycles. The highest BCUT2D eigenvalue weighted by Crippen LogP contribution is 2.37. The van der Waals surface area contributed by atoms with Gasteiger partial charge in [-0.15, -0.1) is 0 Å². The summed E-state index contributed by atoms with van der Waals surface area (Å²) >= 11 is 7.37. The molecule has 0 saturated heterocycles. The quantitative estimate of drug-likeness (QED) is 0.716. The van der Waals surface area contributed by atoms with Gasteiger partial charge in [0.2, 0.25) is 0 Å². The van der Waals surface area contributed by atoms with Crippen LogP contribution >= 0.6 is 22.9 Å². The van der Waals surface area contributed by atoms with Crippen LogP contribution in [-0.2, 0) is 0 Å². The summed E-state index contributed by atoms with van der Waals surface area (Å²) in [5, 5.41) is 6.13. The molecule has 5 nitrogen and oxygen atoms in total. The molecule has 118 valence electrons. The van der Waals surface area contributed by atoms with E-state index >= 15 is 0 Å². The summed E-state index contributed by atoms with van der Waals surface area (Å²) in [5.74, 6) is 0.205. The maximum atomic E-state index is 12.8. The number of halogens is 2. The molecule has 2 amide bonds. The molecule has 0 aliphatic rings. The highest BCUT2D eigenvalue weighted by atomic mass is 35.5. The molecule has 0 fully saturated rings. The molecule has 0 saturated carbocycles. The number of hydrogen-bond donors (Lipinski definition) is 2. The Morgan fingerprint density at radius 2 is 1.96 bits per heavy atom. The Kier molecular flexibility index (Phi) is 4.31. The number of anilines is 2. The van der Waals surface area contributed by atoms with Crippen LogP contribution in [0.2, 0.25) is 5.02 Å². The lowest BCUT2D eigenvalue weighted by atomic mass is 10.3. The number of carbonyl (C=O) groups is 1. The summed E-state index contributed by atoms with van der Waals surface area (Å²) in [6, 6.07) is 8.40. The number of amides is 2. The van der Waals surface area contributed by atoms with Gasteiger partial charge in [-0.3, -0.25) is 5.32 Å². The number of carbonyl (C=O) groups excluding carboxylic acids is 1. The molecule has 0 radical (unpaired) electrons. The second kappa shape index (κ2) is 6.39. The van der Waals surface area contributed by atoms with Gasteiger partial charge < -0.3 is 10.1 Å². The van der Waals surface area contributed by atoms with E-state index in [0.717, 1.165) is 4.70 Å². The standard InChI is InChI=1S/C15H11ClFN3O2S/c1-22-11-7-6-10(16)13-12(11)19-15(23-13)20-14(21)18-9-4-2-8(17)3-5-9/h2-7H,1H3,(H2,18,19,20,21). The average molecular weight is 352 g/mol. The summed E-state index contributed by atoms with van der Waals surface area (Å²) in [5.41, 5.74) is 1.06. The van der Waals surface area contributed by atoms with Crippen molar-refractivity contribution in [1.29, 1.82) is 0 Å². The van der Waals surface area contributed by atoms with Crippen molar-refractivity contribution in [2.75, 3.05) is 17.7 Å². The molecule has 0 aliphatic carbocycles. The fourth-order valence-electron chi connectivity index (χ4n) is 1.96. The van der Waals surface area contributed by atoms with Gasteiger partial charge in [-0.25, -0.2) is 14.2 Å². The molecule has 23 heavy (non-hydrogen) atoms. The van der Waals surface area contributed by atoms with Crippen LogP contribution in [0.1, 0.15) is 0 Å². The lowest BCUT2D eigenvalue weighted by Crippen LogP contribution is -2.19. The number of methoxy groups -OCH3 is 1. The Hall–Kier alpha value is -2.38. The lowest BCUT2D eigenvalue weighted by molar-refractivity contribution is 0.262. The fraction of sp³-hybridized carbons (Fsp3) is 0.0667. The van der Waals surface area contributed by atoms with Crippen LogP contribution in [0.15, 0.2) is 36.4 Å².